The fraction of sp³-hybridized carbons (Fsp3) is 0.435. The molecule has 5 rings (SSSR count). The van der Waals surface area contributed by atoms with E-state index in [0.29, 0.717) is 10.0 Å². The van der Waals surface area contributed by atoms with Crippen LogP contribution in [0.15, 0.2) is 46.0 Å². The maximum Gasteiger partial charge on any atom is 0.200 e. The third kappa shape index (κ3) is 3.54. The maximum atomic E-state index is 6.68. The highest BCUT2D eigenvalue weighted by molar-refractivity contribution is 9.10. The SMILES string of the molecule is CCCN1CCC2(CC1)Oc1c(Cl)cc(Cl)cc1C1CC(c3ccc(Br)cc3)=NN12. The van der Waals surface area contributed by atoms with Crippen molar-refractivity contribution in [3.05, 3.63) is 62.0 Å². The number of piperidine rings is 1. The van der Waals surface area contributed by atoms with Crippen LogP contribution in [0.1, 0.15) is 49.8 Å². The molecule has 0 N–H and O–H groups in total. The summed E-state index contributed by atoms with van der Waals surface area (Å²) in [6, 6.07) is 12.2. The van der Waals surface area contributed by atoms with E-state index in [9.17, 15) is 0 Å². The molecule has 3 heterocycles. The molecule has 0 amide bonds. The van der Waals surface area contributed by atoms with Crippen molar-refractivity contribution in [2.75, 3.05) is 19.6 Å². The first kappa shape index (κ1) is 20.6. The summed E-state index contributed by atoms with van der Waals surface area (Å²) in [5.74, 6) is 0.776. The summed E-state index contributed by atoms with van der Waals surface area (Å²) in [6.07, 6.45) is 3.78. The second-order valence-corrected chi connectivity index (χ2v) is 10.1. The van der Waals surface area contributed by atoms with Gasteiger partial charge in [-0.15, -0.1) is 0 Å². The van der Waals surface area contributed by atoms with Crippen molar-refractivity contribution >= 4 is 44.8 Å². The molecular formula is C23H24BrCl2N3O. The summed E-state index contributed by atoms with van der Waals surface area (Å²) in [7, 11) is 0. The van der Waals surface area contributed by atoms with Gasteiger partial charge in [0.2, 0.25) is 5.72 Å². The summed E-state index contributed by atoms with van der Waals surface area (Å²) >= 11 is 16.5. The molecule has 1 atom stereocenters. The first-order valence-corrected chi connectivity index (χ1v) is 12.1. The van der Waals surface area contributed by atoms with Crippen LogP contribution in [0.25, 0.3) is 0 Å². The van der Waals surface area contributed by atoms with Gasteiger partial charge < -0.3 is 9.64 Å². The van der Waals surface area contributed by atoms with Crippen LogP contribution in [0.4, 0.5) is 0 Å². The number of ether oxygens (including phenoxy) is 1. The molecule has 0 bridgehead atoms. The van der Waals surface area contributed by atoms with Gasteiger partial charge in [0.15, 0.2) is 0 Å². The molecule has 0 radical (unpaired) electrons. The lowest BCUT2D eigenvalue weighted by molar-refractivity contribution is -0.149. The normalized spacial score (nSPS) is 22.5. The van der Waals surface area contributed by atoms with Crippen molar-refractivity contribution in [3.8, 4) is 5.75 Å². The minimum absolute atomic E-state index is 0.0846. The monoisotopic (exact) mass is 507 g/mol. The molecule has 2 aromatic rings. The summed E-state index contributed by atoms with van der Waals surface area (Å²) in [4.78, 5) is 2.51. The average molecular weight is 509 g/mol. The van der Waals surface area contributed by atoms with Gasteiger partial charge in [0.25, 0.3) is 0 Å². The molecule has 4 nitrogen and oxygen atoms in total. The number of rotatable bonds is 3. The van der Waals surface area contributed by atoms with E-state index in [1.54, 1.807) is 6.07 Å². The first-order chi connectivity index (χ1) is 14.5. The van der Waals surface area contributed by atoms with Crippen molar-refractivity contribution in [3.63, 3.8) is 0 Å². The Morgan fingerprint density at radius 3 is 2.60 bits per heavy atom. The van der Waals surface area contributed by atoms with E-state index in [2.05, 4.69) is 57.0 Å². The quantitative estimate of drug-likeness (QED) is 0.473. The minimum atomic E-state index is -0.462. The second kappa shape index (κ2) is 8.01. The van der Waals surface area contributed by atoms with Crippen molar-refractivity contribution in [1.29, 1.82) is 0 Å². The van der Waals surface area contributed by atoms with Gasteiger partial charge in [-0.25, -0.2) is 5.01 Å². The lowest BCUT2D eigenvalue weighted by atomic mass is 9.90. The number of hydrogen-bond donors (Lipinski definition) is 0. The van der Waals surface area contributed by atoms with Crippen molar-refractivity contribution in [2.24, 2.45) is 5.10 Å². The molecule has 0 aliphatic carbocycles. The predicted octanol–water partition coefficient (Wildman–Crippen LogP) is 6.50. The molecular weight excluding hydrogens is 485 g/mol. The highest BCUT2D eigenvalue weighted by Gasteiger charge is 2.52. The maximum absolute atomic E-state index is 6.68. The van der Waals surface area contributed by atoms with Crippen LogP contribution in [0.2, 0.25) is 10.0 Å². The summed E-state index contributed by atoms with van der Waals surface area (Å²) in [6.45, 7) is 5.36. The molecule has 1 unspecified atom stereocenters. The standard InChI is InChI=1S/C23H24BrCl2N3O/c1-2-9-28-10-7-23(8-11-28)29-21(18-12-17(25)13-19(26)22(18)30-23)14-20(27-29)15-3-5-16(24)6-4-15/h3-6,12-13,21H,2,7-11,14H2,1H3. The van der Waals surface area contributed by atoms with E-state index in [1.165, 1.54) is 6.42 Å². The summed E-state index contributed by atoms with van der Waals surface area (Å²) in [5.41, 5.74) is 2.79. The van der Waals surface area contributed by atoms with E-state index >= 15 is 0 Å². The Morgan fingerprint density at radius 1 is 1.17 bits per heavy atom. The van der Waals surface area contributed by atoms with Gasteiger partial charge in [-0.1, -0.05) is 58.2 Å². The van der Waals surface area contributed by atoms with E-state index < -0.39 is 5.72 Å². The molecule has 1 spiro atoms. The number of halogens is 3. The Hall–Kier alpha value is -1.27. The Morgan fingerprint density at radius 2 is 1.90 bits per heavy atom. The van der Waals surface area contributed by atoms with Gasteiger partial charge in [-0.3, -0.25) is 0 Å². The Labute approximate surface area is 195 Å². The third-order valence-electron chi connectivity index (χ3n) is 6.37. The second-order valence-electron chi connectivity index (χ2n) is 8.31. The number of benzene rings is 2. The van der Waals surface area contributed by atoms with Crippen molar-refractivity contribution in [1.82, 2.24) is 9.91 Å². The zero-order valence-electron chi connectivity index (χ0n) is 16.9. The largest absolute Gasteiger partial charge is 0.464 e. The van der Waals surface area contributed by atoms with Gasteiger partial charge in [0.1, 0.15) is 5.75 Å². The number of likely N-dealkylation sites (tertiary alicyclic amines) is 1. The fourth-order valence-corrected chi connectivity index (χ4v) is 5.70. The smallest absolute Gasteiger partial charge is 0.200 e. The van der Waals surface area contributed by atoms with E-state index in [4.69, 9.17) is 33.0 Å². The van der Waals surface area contributed by atoms with Crippen LogP contribution in [0, 0.1) is 0 Å². The fourth-order valence-electron chi connectivity index (χ4n) is 4.89. The van der Waals surface area contributed by atoms with Crippen molar-refractivity contribution in [2.45, 2.75) is 44.4 Å². The molecule has 30 heavy (non-hydrogen) atoms. The number of fused-ring (bicyclic) bond motifs is 4. The molecule has 3 aliphatic rings. The lowest BCUT2D eigenvalue weighted by Crippen LogP contribution is -2.59. The van der Waals surface area contributed by atoms with Gasteiger partial charge in [-0.05, 0) is 42.8 Å². The van der Waals surface area contributed by atoms with Gasteiger partial charge in [-0.2, -0.15) is 5.10 Å². The molecule has 0 aromatic heterocycles. The zero-order chi connectivity index (χ0) is 20.9. The van der Waals surface area contributed by atoms with Crippen LogP contribution in [-0.4, -0.2) is 41.0 Å². The first-order valence-electron chi connectivity index (χ1n) is 10.5. The van der Waals surface area contributed by atoms with Crippen LogP contribution < -0.4 is 4.74 Å². The van der Waals surface area contributed by atoms with Crippen LogP contribution in [0.5, 0.6) is 5.75 Å². The van der Waals surface area contributed by atoms with E-state index in [1.807, 2.05) is 6.07 Å². The predicted molar refractivity (Wildman–Crippen MR) is 126 cm³/mol. The number of nitrogens with zero attached hydrogens (tertiary/aromatic N) is 3. The van der Waals surface area contributed by atoms with Gasteiger partial charge in [0, 0.05) is 47.4 Å². The van der Waals surface area contributed by atoms with Crippen LogP contribution >= 0.6 is 39.1 Å². The van der Waals surface area contributed by atoms with E-state index in [-0.39, 0.29) is 6.04 Å². The highest BCUT2D eigenvalue weighted by atomic mass is 79.9. The topological polar surface area (TPSA) is 28.1 Å². The number of hydrazone groups is 1. The molecule has 7 heteroatoms. The molecule has 2 aromatic carbocycles. The average Bonchev–Trinajstić information content (AvgIpc) is 3.18. The molecule has 1 saturated heterocycles. The van der Waals surface area contributed by atoms with Gasteiger partial charge in [0.05, 0.1) is 16.8 Å². The Bertz CT molecular complexity index is 987. The lowest BCUT2D eigenvalue weighted by Gasteiger charge is -2.51. The summed E-state index contributed by atoms with van der Waals surface area (Å²) in [5, 5.41) is 8.55. The molecule has 3 aliphatic heterocycles. The summed E-state index contributed by atoms with van der Waals surface area (Å²) < 4.78 is 7.75. The Balaban J connectivity index is 1.55. The molecule has 158 valence electrons. The zero-order valence-corrected chi connectivity index (χ0v) is 20.0. The van der Waals surface area contributed by atoms with Crippen LogP contribution in [-0.2, 0) is 0 Å². The molecule has 1 fully saturated rings. The number of hydrogen-bond acceptors (Lipinski definition) is 4. The third-order valence-corrected chi connectivity index (χ3v) is 7.40. The minimum Gasteiger partial charge on any atom is -0.464 e. The van der Waals surface area contributed by atoms with Crippen molar-refractivity contribution < 1.29 is 4.74 Å². The van der Waals surface area contributed by atoms with Crippen LogP contribution in [0.3, 0.4) is 0 Å². The Kier molecular flexibility index (Phi) is 5.51. The highest BCUT2D eigenvalue weighted by Crippen LogP contribution is 2.52. The molecule has 0 saturated carbocycles. The van der Waals surface area contributed by atoms with Gasteiger partial charge >= 0.3 is 0 Å². The van der Waals surface area contributed by atoms with E-state index in [0.717, 1.165) is 66.0 Å².